The van der Waals surface area contributed by atoms with Gasteiger partial charge < -0.3 is 10.0 Å². The van der Waals surface area contributed by atoms with Crippen molar-refractivity contribution in [2.24, 2.45) is 5.92 Å². The SMILES string of the molecule is N#Cc1sc(NC(=O)c2ccc(N3CCC(C(=O)O)CC3)nc2)nc1-c1ccccc1Cl. The Balaban J connectivity index is 1.45. The predicted molar refractivity (Wildman–Crippen MR) is 122 cm³/mol. The fourth-order valence-electron chi connectivity index (χ4n) is 3.52. The van der Waals surface area contributed by atoms with Gasteiger partial charge >= 0.3 is 5.97 Å². The van der Waals surface area contributed by atoms with Crippen molar-refractivity contribution in [1.82, 2.24) is 9.97 Å². The highest BCUT2D eigenvalue weighted by Gasteiger charge is 2.25. The molecule has 0 unspecified atom stereocenters. The summed E-state index contributed by atoms with van der Waals surface area (Å²) in [6, 6.07) is 12.6. The van der Waals surface area contributed by atoms with Gasteiger partial charge in [0.2, 0.25) is 0 Å². The fourth-order valence-corrected chi connectivity index (χ4v) is 4.51. The Bertz CT molecular complexity index is 1200. The number of rotatable bonds is 5. The largest absolute Gasteiger partial charge is 0.481 e. The van der Waals surface area contributed by atoms with Gasteiger partial charge in [0.05, 0.1) is 16.5 Å². The highest BCUT2D eigenvalue weighted by Crippen LogP contribution is 2.34. The number of carbonyl (C=O) groups is 2. The lowest BCUT2D eigenvalue weighted by Gasteiger charge is -2.30. The molecule has 8 nitrogen and oxygen atoms in total. The number of aliphatic carboxylic acids is 1. The highest BCUT2D eigenvalue weighted by atomic mass is 35.5. The number of benzene rings is 1. The average molecular weight is 468 g/mol. The third-order valence-electron chi connectivity index (χ3n) is 5.26. The van der Waals surface area contributed by atoms with Crippen molar-refractivity contribution < 1.29 is 14.7 Å². The van der Waals surface area contributed by atoms with Crippen molar-refractivity contribution in [3.63, 3.8) is 0 Å². The molecule has 1 fully saturated rings. The molecule has 1 amide bonds. The van der Waals surface area contributed by atoms with Crippen LogP contribution in [0.5, 0.6) is 0 Å². The van der Waals surface area contributed by atoms with Crippen LogP contribution in [0.4, 0.5) is 10.9 Å². The molecule has 4 rings (SSSR count). The number of thiazole rings is 1. The molecule has 1 aromatic carbocycles. The molecule has 1 aliphatic heterocycles. The first-order valence-corrected chi connectivity index (χ1v) is 11.1. The minimum Gasteiger partial charge on any atom is -0.481 e. The van der Waals surface area contributed by atoms with Crippen LogP contribution < -0.4 is 10.2 Å². The molecule has 0 radical (unpaired) electrons. The second kappa shape index (κ2) is 9.34. The van der Waals surface area contributed by atoms with Gasteiger partial charge in [-0.3, -0.25) is 14.9 Å². The van der Waals surface area contributed by atoms with Crippen LogP contribution in [0.3, 0.4) is 0 Å². The van der Waals surface area contributed by atoms with Gasteiger partial charge in [0, 0.05) is 24.8 Å². The van der Waals surface area contributed by atoms with Crippen molar-refractivity contribution in [3.8, 4) is 17.3 Å². The lowest BCUT2D eigenvalue weighted by molar-refractivity contribution is -0.142. The summed E-state index contributed by atoms with van der Waals surface area (Å²) in [6.07, 6.45) is 2.61. The number of pyridine rings is 1. The summed E-state index contributed by atoms with van der Waals surface area (Å²) in [6.45, 7) is 1.22. The van der Waals surface area contributed by atoms with Crippen molar-refractivity contribution in [2.45, 2.75) is 12.8 Å². The molecule has 3 heterocycles. The minimum atomic E-state index is -0.760. The predicted octanol–water partition coefficient (Wildman–Crippen LogP) is 4.28. The van der Waals surface area contributed by atoms with Crippen molar-refractivity contribution >= 4 is 45.8 Å². The van der Waals surface area contributed by atoms with E-state index in [-0.39, 0.29) is 5.92 Å². The topological polar surface area (TPSA) is 119 Å². The van der Waals surface area contributed by atoms with Gasteiger partial charge in [0.25, 0.3) is 5.91 Å². The average Bonchev–Trinajstić information content (AvgIpc) is 3.22. The van der Waals surface area contributed by atoms with E-state index in [0.717, 1.165) is 11.3 Å². The van der Waals surface area contributed by atoms with E-state index in [9.17, 15) is 14.9 Å². The van der Waals surface area contributed by atoms with E-state index in [4.69, 9.17) is 16.7 Å². The summed E-state index contributed by atoms with van der Waals surface area (Å²) in [7, 11) is 0. The van der Waals surface area contributed by atoms with E-state index >= 15 is 0 Å². The molecule has 10 heteroatoms. The Morgan fingerprint density at radius 1 is 1.22 bits per heavy atom. The number of halogens is 1. The molecular weight excluding hydrogens is 450 g/mol. The van der Waals surface area contributed by atoms with Crippen LogP contribution >= 0.6 is 22.9 Å². The normalized spacial score (nSPS) is 14.1. The van der Waals surface area contributed by atoms with Gasteiger partial charge in [0.15, 0.2) is 5.13 Å². The monoisotopic (exact) mass is 467 g/mol. The molecule has 32 heavy (non-hydrogen) atoms. The second-order valence-electron chi connectivity index (χ2n) is 7.25. The third kappa shape index (κ3) is 4.56. The van der Waals surface area contributed by atoms with Gasteiger partial charge in [-0.1, -0.05) is 41.1 Å². The van der Waals surface area contributed by atoms with Crippen LogP contribution in [-0.2, 0) is 4.79 Å². The third-order valence-corrected chi connectivity index (χ3v) is 6.46. The fraction of sp³-hybridized carbons (Fsp3) is 0.227. The van der Waals surface area contributed by atoms with Gasteiger partial charge in [-0.2, -0.15) is 5.26 Å². The summed E-state index contributed by atoms with van der Waals surface area (Å²) >= 11 is 7.30. The summed E-state index contributed by atoms with van der Waals surface area (Å²) < 4.78 is 0. The molecule has 0 spiro atoms. The second-order valence-corrected chi connectivity index (χ2v) is 8.65. The molecular formula is C22H18ClN5O3S. The Labute approximate surface area is 193 Å². The zero-order valence-electron chi connectivity index (χ0n) is 16.8. The van der Waals surface area contributed by atoms with Gasteiger partial charge in [-0.05, 0) is 31.0 Å². The van der Waals surface area contributed by atoms with E-state index in [1.165, 1.54) is 6.20 Å². The number of anilines is 2. The molecule has 162 valence electrons. The van der Waals surface area contributed by atoms with E-state index in [2.05, 4.69) is 21.4 Å². The number of carboxylic acids is 1. The molecule has 1 aliphatic rings. The van der Waals surface area contributed by atoms with E-state index in [1.807, 2.05) is 4.90 Å². The number of piperidine rings is 1. The number of nitriles is 1. The van der Waals surface area contributed by atoms with Crippen LogP contribution in [0, 0.1) is 17.2 Å². The maximum Gasteiger partial charge on any atom is 0.306 e. The van der Waals surface area contributed by atoms with Crippen LogP contribution in [-0.4, -0.2) is 40.0 Å². The lowest BCUT2D eigenvalue weighted by Crippen LogP contribution is -2.36. The zero-order chi connectivity index (χ0) is 22.7. The van der Waals surface area contributed by atoms with Crippen LogP contribution in [0.1, 0.15) is 28.1 Å². The molecule has 1 saturated heterocycles. The highest BCUT2D eigenvalue weighted by molar-refractivity contribution is 7.16. The first-order valence-electron chi connectivity index (χ1n) is 9.87. The minimum absolute atomic E-state index is 0.293. The first kappa shape index (κ1) is 21.7. The smallest absolute Gasteiger partial charge is 0.306 e. The Morgan fingerprint density at radius 2 is 1.97 bits per heavy atom. The number of hydrogen-bond donors (Lipinski definition) is 2. The van der Waals surface area contributed by atoms with E-state index in [1.54, 1.807) is 36.4 Å². The molecule has 2 N–H and O–H groups in total. The maximum absolute atomic E-state index is 12.7. The number of aromatic nitrogens is 2. The number of hydrogen-bond acceptors (Lipinski definition) is 7. The molecule has 0 saturated carbocycles. The summed E-state index contributed by atoms with van der Waals surface area (Å²) in [5.74, 6) is -0.766. The number of nitrogens with zero attached hydrogens (tertiary/aromatic N) is 4. The van der Waals surface area contributed by atoms with Crippen molar-refractivity contribution in [2.75, 3.05) is 23.3 Å². The summed E-state index contributed by atoms with van der Waals surface area (Å²) in [5.41, 5.74) is 1.40. The number of carboxylic acid groups (broad SMARTS) is 1. The van der Waals surface area contributed by atoms with Crippen molar-refractivity contribution in [3.05, 3.63) is 58.1 Å². The van der Waals surface area contributed by atoms with Crippen LogP contribution in [0.2, 0.25) is 5.02 Å². The van der Waals surface area contributed by atoms with Gasteiger partial charge in [0.1, 0.15) is 22.5 Å². The summed E-state index contributed by atoms with van der Waals surface area (Å²) in [4.78, 5) is 34.9. The lowest BCUT2D eigenvalue weighted by atomic mass is 9.97. The van der Waals surface area contributed by atoms with E-state index in [0.29, 0.717) is 63.6 Å². The number of carbonyl (C=O) groups excluding carboxylic acids is 1. The van der Waals surface area contributed by atoms with Crippen LogP contribution in [0.15, 0.2) is 42.6 Å². The molecule has 2 aromatic heterocycles. The van der Waals surface area contributed by atoms with E-state index < -0.39 is 11.9 Å². The number of amides is 1. The molecule has 0 atom stereocenters. The first-order chi connectivity index (χ1) is 15.5. The van der Waals surface area contributed by atoms with Gasteiger partial charge in [-0.15, -0.1) is 0 Å². The van der Waals surface area contributed by atoms with Crippen molar-refractivity contribution in [1.29, 1.82) is 5.26 Å². The maximum atomic E-state index is 12.7. The molecule has 0 bridgehead atoms. The Hall–Kier alpha value is -3.48. The standard InChI is InChI=1S/C22H18ClN5O3S/c23-16-4-2-1-3-15(16)19-17(11-24)32-22(26-19)27-20(29)14-5-6-18(25-12-14)28-9-7-13(8-10-28)21(30)31/h1-6,12-13H,7-10H2,(H,30,31)(H,26,27,29). The Kier molecular flexibility index (Phi) is 6.35. The quantitative estimate of drug-likeness (QED) is 0.574. The molecule has 0 aliphatic carbocycles. The Morgan fingerprint density at radius 3 is 2.59 bits per heavy atom. The molecule has 3 aromatic rings. The summed E-state index contributed by atoms with van der Waals surface area (Å²) in [5, 5.41) is 22.1. The van der Waals surface area contributed by atoms with Gasteiger partial charge in [-0.25, -0.2) is 9.97 Å². The zero-order valence-corrected chi connectivity index (χ0v) is 18.4. The van der Waals surface area contributed by atoms with Crippen LogP contribution in [0.25, 0.3) is 11.3 Å². The number of nitrogens with one attached hydrogen (secondary N) is 1.